The molecule has 2 saturated heterocycles. The van der Waals surface area contributed by atoms with Crippen molar-refractivity contribution in [2.75, 3.05) is 26.2 Å². The van der Waals surface area contributed by atoms with E-state index < -0.39 is 12.1 Å². The Morgan fingerprint density at radius 3 is 2.43 bits per heavy atom. The Bertz CT molecular complexity index is 830. The number of β-amino-alcohol motifs (C(OH)–C–C–N with tert-alkyl or cyclic N) is 1. The van der Waals surface area contributed by atoms with Crippen LogP contribution in [0.1, 0.15) is 33.8 Å². The number of aliphatic hydroxyl groups excluding tert-OH is 1. The number of piperidine rings is 1. The highest BCUT2D eigenvalue weighted by Gasteiger charge is 2.38. The molecular weight excluding hydrogens is 421 g/mol. The molecule has 2 aliphatic rings. The van der Waals surface area contributed by atoms with Crippen LogP contribution in [-0.4, -0.2) is 69.7 Å². The zero-order valence-corrected chi connectivity index (χ0v) is 16.9. The van der Waals surface area contributed by atoms with Crippen molar-refractivity contribution in [1.82, 2.24) is 20.4 Å². The molecule has 1 aromatic carbocycles. The van der Waals surface area contributed by atoms with Gasteiger partial charge in [-0.1, -0.05) is 41.7 Å². The number of aliphatic carboxylic acids is 1. The smallest absolute Gasteiger partial charge is 0.475 e. The molecule has 0 bridgehead atoms. The summed E-state index contributed by atoms with van der Waals surface area (Å²) in [6, 6.07) is 10.4. The van der Waals surface area contributed by atoms with Gasteiger partial charge in [0.15, 0.2) is 0 Å². The average Bonchev–Trinajstić information content (AvgIpc) is 3.08. The number of carboxylic acid groups (broad SMARTS) is 1. The molecule has 4 rings (SSSR count). The van der Waals surface area contributed by atoms with Gasteiger partial charge in [-0.2, -0.15) is 13.2 Å². The van der Waals surface area contributed by atoms with Gasteiger partial charge in [0.1, 0.15) is 10.0 Å². The fourth-order valence-corrected chi connectivity index (χ4v) is 4.36. The van der Waals surface area contributed by atoms with Crippen LogP contribution in [0.5, 0.6) is 0 Å². The zero-order chi connectivity index (χ0) is 21.7. The fraction of sp³-hybridized carbons (Fsp3) is 0.526. The molecule has 7 nitrogen and oxygen atoms in total. The minimum atomic E-state index is -5.08. The van der Waals surface area contributed by atoms with E-state index in [-0.39, 0.29) is 12.0 Å². The summed E-state index contributed by atoms with van der Waals surface area (Å²) in [7, 11) is 0. The number of likely N-dealkylation sites (tertiary alicyclic amines) is 1. The number of benzene rings is 1. The third-order valence-electron chi connectivity index (χ3n) is 5.11. The van der Waals surface area contributed by atoms with E-state index in [2.05, 4.69) is 32.5 Å². The van der Waals surface area contributed by atoms with Crippen molar-refractivity contribution in [2.24, 2.45) is 0 Å². The van der Waals surface area contributed by atoms with Crippen LogP contribution in [0, 0.1) is 0 Å². The van der Waals surface area contributed by atoms with Gasteiger partial charge in [-0.3, -0.25) is 4.90 Å². The lowest BCUT2D eigenvalue weighted by Gasteiger charge is -2.35. The quantitative estimate of drug-likeness (QED) is 0.665. The second-order valence-electron chi connectivity index (χ2n) is 7.30. The maximum Gasteiger partial charge on any atom is 0.490 e. The summed E-state index contributed by atoms with van der Waals surface area (Å²) in [5.41, 5.74) is 1.25. The molecule has 1 aromatic heterocycles. The van der Waals surface area contributed by atoms with E-state index in [0.717, 1.165) is 42.6 Å². The van der Waals surface area contributed by atoms with Gasteiger partial charge < -0.3 is 15.5 Å². The molecule has 0 spiro atoms. The number of nitrogens with one attached hydrogen (secondary N) is 1. The average molecular weight is 444 g/mol. The molecule has 0 radical (unpaired) electrons. The third-order valence-corrected chi connectivity index (χ3v) is 6.18. The van der Waals surface area contributed by atoms with Crippen LogP contribution < -0.4 is 5.32 Å². The largest absolute Gasteiger partial charge is 0.490 e. The van der Waals surface area contributed by atoms with Crippen molar-refractivity contribution >= 4 is 17.3 Å². The number of aliphatic hydroxyl groups is 1. The van der Waals surface area contributed by atoms with E-state index in [4.69, 9.17) is 9.90 Å². The predicted molar refractivity (Wildman–Crippen MR) is 104 cm³/mol. The van der Waals surface area contributed by atoms with E-state index in [1.807, 2.05) is 18.2 Å². The van der Waals surface area contributed by atoms with Gasteiger partial charge in [0, 0.05) is 31.5 Å². The molecule has 2 aliphatic heterocycles. The summed E-state index contributed by atoms with van der Waals surface area (Å²) in [6.07, 6.45) is -4.40. The van der Waals surface area contributed by atoms with Gasteiger partial charge >= 0.3 is 12.1 Å². The molecular formula is C19H23F3N4O3S. The number of nitrogens with zero attached hydrogens (tertiary/aromatic N) is 3. The molecule has 11 heteroatoms. The first-order chi connectivity index (χ1) is 14.2. The maximum absolute atomic E-state index is 10.6. The van der Waals surface area contributed by atoms with Crippen LogP contribution in [0.3, 0.4) is 0 Å². The molecule has 2 fully saturated rings. The number of hydrogen-bond donors (Lipinski definition) is 3. The Morgan fingerprint density at radius 2 is 1.90 bits per heavy atom. The summed E-state index contributed by atoms with van der Waals surface area (Å²) in [6.45, 7) is 4.55. The van der Waals surface area contributed by atoms with Crippen molar-refractivity contribution < 1.29 is 28.2 Å². The van der Waals surface area contributed by atoms with Crippen LogP contribution in [0.2, 0.25) is 0 Å². The highest BCUT2D eigenvalue weighted by molar-refractivity contribution is 7.11. The minimum absolute atomic E-state index is 0.249. The monoisotopic (exact) mass is 444 g/mol. The van der Waals surface area contributed by atoms with Crippen molar-refractivity contribution in [3.8, 4) is 0 Å². The number of rotatable bonds is 4. The second kappa shape index (κ2) is 9.82. The lowest BCUT2D eigenvalue weighted by molar-refractivity contribution is -0.192. The Kier molecular flexibility index (Phi) is 7.40. The van der Waals surface area contributed by atoms with Gasteiger partial charge in [-0.05, 0) is 18.5 Å². The third kappa shape index (κ3) is 5.97. The first-order valence-electron chi connectivity index (χ1n) is 9.52. The number of carboxylic acids is 1. The van der Waals surface area contributed by atoms with Crippen molar-refractivity contribution in [2.45, 2.75) is 37.1 Å². The van der Waals surface area contributed by atoms with Gasteiger partial charge in [0.2, 0.25) is 0 Å². The minimum Gasteiger partial charge on any atom is -0.475 e. The molecule has 0 unspecified atom stereocenters. The highest BCUT2D eigenvalue weighted by atomic mass is 32.1. The first-order valence-corrected chi connectivity index (χ1v) is 10.3. The Morgan fingerprint density at radius 1 is 1.23 bits per heavy atom. The summed E-state index contributed by atoms with van der Waals surface area (Å²) in [5, 5.41) is 31.8. The zero-order valence-electron chi connectivity index (χ0n) is 16.0. The summed E-state index contributed by atoms with van der Waals surface area (Å²) in [5.74, 6) is -1.96. The Hall–Kier alpha value is -2.08. The lowest BCUT2D eigenvalue weighted by atomic mass is 9.87. The molecule has 164 valence electrons. The molecule has 0 saturated carbocycles. The number of aromatic nitrogens is 2. The van der Waals surface area contributed by atoms with Crippen LogP contribution in [0.15, 0.2) is 30.3 Å². The molecule has 30 heavy (non-hydrogen) atoms. The molecule has 0 amide bonds. The summed E-state index contributed by atoms with van der Waals surface area (Å²) >= 11 is 1.72. The number of hydrogen-bond acceptors (Lipinski definition) is 7. The van der Waals surface area contributed by atoms with Crippen LogP contribution >= 0.6 is 11.3 Å². The topological polar surface area (TPSA) is 98.6 Å². The van der Waals surface area contributed by atoms with Gasteiger partial charge in [0.25, 0.3) is 0 Å². The summed E-state index contributed by atoms with van der Waals surface area (Å²) < 4.78 is 31.7. The van der Waals surface area contributed by atoms with Crippen LogP contribution in [-0.2, 0) is 11.3 Å². The van der Waals surface area contributed by atoms with Gasteiger partial charge in [-0.15, -0.1) is 10.2 Å². The number of carbonyl (C=O) groups is 1. The van der Waals surface area contributed by atoms with E-state index in [9.17, 15) is 18.3 Å². The number of halogens is 3. The fourth-order valence-electron chi connectivity index (χ4n) is 3.38. The number of alkyl halides is 3. The lowest BCUT2D eigenvalue weighted by Crippen LogP contribution is -2.42. The first kappa shape index (κ1) is 22.6. The van der Waals surface area contributed by atoms with E-state index in [0.29, 0.717) is 12.5 Å². The van der Waals surface area contributed by atoms with Gasteiger partial charge in [-0.25, -0.2) is 4.79 Å². The Balaban J connectivity index is 0.000000318. The van der Waals surface area contributed by atoms with Crippen molar-refractivity contribution in [3.05, 3.63) is 45.9 Å². The Labute approximate surface area is 175 Å². The molecule has 3 N–H and O–H groups in total. The maximum atomic E-state index is 10.6. The standard InChI is InChI=1S/C17H22N4OS.C2HF3O2/c22-15-10-21(7-6-14(15)12-4-2-1-3-5-12)11-16-19-20-17(23-16)13-8-18-9-13;3-2(4,5)1(6)7/h1-5,13-15,18,22H,6-11H2;(H,6,7)/t14-,15+;/m0./s1. The highest BCUT2D eigenvalue weighted by Crippen LogP contribution is 2.30. The van der Waals surface area contributed by atoms with Crippen LogP contribution in [0.25, 0.3) is 0 Å². The van der Waals surface area contributed by atoms with Crippen LogP contribution in [0.4, 0.5) is 13.2 Å². The second-order valence-corrected chi connectivity index (χ2v) is 8.39. The molecule has 3 heterocycles. The normalized spacial score (nSPS) is 22.7. The van der Waals surface area contributed by atoms with Crippen molar-refractivity contribution in [3.63, 3.8) is 0 Å². The van der Waals surface area contributed by atoms with E-state index >= 15 is 0 Å². The van der Waals surface area contributed by atoms with E-state index in [1.165, 1.54) is 5.56 Å². The predicted octanol–water partition coefficient (Wildman–Crippen LogP) is 2.21. The molecule has 2 aromatic rings. The molecule has 2 atom stereocenters. The van der Waals surface area contributed by atoms with E-state index in [1.54, 1.807) is 11.3 Å². The molecule has 0 aliphatic carbocycles. The van der Waals surface area contributed by atoms with Gasteiger partial charge in [0.05, 0.1) is 12.6 Å². The SMILES string of the molecule is O=C(O)C(F)(F)F.O[C@@H]1CN(Cc2nnc(C3CNC3)s2)CC[C@H]1c1ccccc1. The van der Waals surface area contributed by atoms with Crippen molar-refractivity contribution in [1.29, 1.82) is 0 Å². The summed E-state index contributed by atoms with van der Waals surface area (Å²) in [4.78, 5) is 11.2.